The Hall–Kier alpha value is -3.91. The van der Waals surface area contributed by atoms with Gasteiger partial charge in [0.15, 0.2) is 6.10 Å². The molecule has 0 spiro atoms. The van der Waals surface area contributed by atoms with Crippen molar-refractivity contribution in [1.82, 2.24) is 9.78 Å². The zero-order chi connectivity index (χ0) is 22.1. The van der Waals surface area contributed by atoms with Gasteiger partial charge in [0.25, 0.3) is 11.8 Å². The lowest BCUT2D eigenvalue weighted by atomic mass is 10.1. The van der Waals surface area contributed by atoms with Crippen LogP contribution >= 0.6 is 11.3 Å². The van der Waals surface area contributed by atoms with Gasteiger partial charge in [0, 0.05) is 11.9 Å². The Morgan fingerprint density at radius 1 is 1.19 bits per heavy atom. The molecule has 4 aromatic rings. The number of nitrogens with one attached hydrogen (secondary N) is 2. The number of hydrogen-bond donors (Lipinski definition) is 2. The van der Waals surface area contributed by atoms with Crippen molar-refractivity contribution >= 4 is 34.5 Å². The number of nitrogens with zero attached hydrogens (tertiary/aromatic N) is 2. The summed E-state index contributed by atoms with van der Waals surface area (Å²) in [6.45, 7) is 2.25. The van der Waals surface area contributed by atoms with Crippen LogP contribution in [0, 0.1) is 0 Å². The third-order valence-corrected chi connectivity index (χ3v) is 5.99. The first kappa shape index (κ1) is 20.0. The summed E-state index contributed by atoms with van der Waals surface area (Å²) in [7, 11) is 0. The summed E-state index contributed by atoms with van der Waals surface area (Å²) in [5, 5.41) is 12.4. The molecule has 2 N–H and O–H groups in total. The molecule has 2 amide bonds. The van der Waals surface area contributed by atoms with Crippen LogP contribution in [0.1, 0.15) is 22.8 Å². The van der Waals surface area contributed by atoms with Crippen molar-refractivity contribution in [2.45, 2.75) is 19.6 Å². The van der Waals surface area contributed by atoms with Crippen LogP contribution in [-0.2, 0) is 11.3 Å². The Balaban J connectivity index is 1.43. The summed E-state index contributed by atoms with van der Waals surface area (Å²) in [5.74, 6) is 0.0808. The molecular formula is C24H20N4O3S. The van der Waals surface area contributed by atoms with E-state index in [2.05, 4.69) is 15.7 Å². The summed E-state index contributed by atoms with van der Waals surface area (Å²) in [6.07, 6.45) is 1.22. The number of thiophene rings is 1. The lowest BCUT2D eigenvalue weighted by molar-refractivity contribution is -0.122. The molecule has 3 heterocycles. The van der Waals surface area contributed by atoms with Crippen LogP contribution in [0.5, 0.6) is 5.75 Å². The SMILES string of the molecule is C[C@H]1Oc2ccc(NC(=O)c3cn(Cc4ccccc4)nc3-c3cccs3)cc2NC1=O. The van der Waals surface area contributed by atoms with Crippen molar-refractivity contribution < 1.29 is 14.3 Å². The summed E-state index contributed by atoms with van der Waals surface area (Å²) in [5.41, 5.74) is 3.30. The lowest BCUT2D eigenvalue weighted by Gasteiger charge is -2.23. The van der Waals surface area contributed by atoms with Gasteiger partial charge < -0.3 is 15.4 Å². The first-order chi connectivity index (χ1) is 15.6. The smallest absolute Gasteiger partial charge is 0.265 e. The van der Waals surface area contributed by atoms with E-state index in [1.165, 1.54) is 11.3 Å². The van der Waals surface area contributed by atoms with E-state index in [0.29, 0.717) is 34.9 Å². The maximum absolute atomic E-state index is 13.2. The molecule has 0 fully saturated rings. The second-order valence-corrected chi connectivity index (χ2v) is 8.41. The monoisotopic (exact) mass is 444 g/mol. The largest absolute Gasteiger partial charge is 0.479 e. The highest BCUT2D eigenvalue weighted by Gasteiger charge is 2.24. The number of benzene rings is 2. The van der Waals surface area contributed by atoms with E-state index in [1.807, 2.05) is 47.8 Å². The number of ether oxygens (including phenoxy) is 1. The third-order valence-electron chi connectivity index (χ3n) is 5.12. The molecule has 0 radical (unpaired) electrons. The van der Waals surface area contributed by atoms with Crippen LogP contribution in [0.4, 0.5) is 11.4 Å². The zero-order valence-electron chi connectivity index (χ0n) is 17.2. The predicted octanol–water partition coefficient (Wildman–Crippen LogP) is 4.63. The molecule has 5 rings (SSSR count). The maximum atomic E-state index is 13.2. The van der Waals surface area contributed by atoms with Crippen molar-refractivity contribution in [3.8, 4) is 16.3 Å². The second-order valence-electron chi connectivity index (χ2n) is 7.47. The van der Waals surface area contributed by atoms with Gasteiger partial charge in [-0.2, -0.15) is 5.10 Å². The summed E-state index contributed by atoms with van der Waals surface area (Å²) >= 11 is 1.53. The minimum absolute atomic E-state index is 0.219. The number of carbonyl (C=O) groups excluding carboxylic acids is 2. The molecule has 0 bridgehead atoms. The van der Waals surface area contributed by atoms with Crippen molar-refractivity contribution in [2.24, 2.45) is 0 Å². The summed E-state index contributed by atoms with van der Waals surface area (Å²) < 4.78 is 7.36. The Morgan fingerprint density at radius 2 is 2.03 bits per heavy atom. The minimum Gasteiger partial charge on any atom is -0.479 e. The Bertz CT molecular complexity index is 1280. The van der Waals surface area contributed by atoms with E-state index >= 15 is 0 Å². The Labute approximate surface area is 188 Å². The topological polar surface area (TPSA) is 85.2 Å². The van der Waals surface area contributed by atoms with Crippen molar-refractivity contribution in [3.05, 3.63) is 83.4 Å². The third kappa shape index (κ3) is 4.00. The van der Waals surface area contributed by atoms with E-state index in [0.717, 1.165) is 10.4 Å². The van der Waals surface area contributed by atoms with Gasteiger partial charge in [-0.15, -0.1) is 11.3 Å². The summed E-state index contributed by atoms with van der Waals surface area (Å²) in [6, 6.07) is 19.0. The average Bonchev–Trinajstić information content (AvgIpc) is 3.45. The van der Waals surface area contributed by atoms with Crippen molar-refractivity contribution in [1.29, 1.82) is 0 Å². The van der Waals surface area contributed by atoms with E-state index in [4.69, 9.17) is 4.74 Å². The van der Waals surface area contributed by atoms with Crippen LogP contribution in [-0.4, -0.2) is 27.7 Å². The fourth-order valence-corrected chi connectivity index (χ4v) is 4.24. The van der Waals surface area contributed by atoms with E-state index in [-0.39, 0.29) is 11.8 Å². The van der Waals surface area contributed by atoms with Gasteiger partial charge in [-0.25, -0.2) is 0 Å². The number of hydrogen-bond acceptors (Lipinski definition) is 5. The van der Waals surface area contributed by atoms with E-state index < -0.39 is 6.10 Å². The average molecular weight is 445 g/mol. The van der Waals surface area contributed by atoms with Gasteiger partial charge in [-0.05, 0) is 42.1 Å². The number of amides is 2. The molecule has 32 heavy (non-hydrogen) atoms. The van der Waals surface area contributed by atoms with Crippen LogP contribution in [0.2, 0.25) is 0 Å². The number of rotatable bonds is 5. The molecule has 160 valence electrons. The molecule has 1 aliphatic heterocycles. The molecule has 1 aliphatic rings. The van der Waals surface area contributed by atoms with Gasteiger partial charge in [0.05, 0.1) is 22.7 Å². The van der Waals surface area contributed by atoms with E-state index in [1.54, 1.807) is 36.0 Å². The van der Waals surface area contributed by atoms with E-state index in [9.17, 15) is 9.59 Å². The zero-order valence-corrected chi connectivity index (χ0v) is 18.1. The van der Waals surface area contributed by atoms with Crippen molar-refractivity contribution in [2.75, 3.05) is 10.6 Å². The van der Waals surface area contributed by atoms with Gasteiger partial charge in [0.1, 0.15) is 11.4 Å². The van der Waals surface area contributed by atoms with Gasteiger partial charge >= 0.3 is 0 Å². The molecule has 0 unspecified atom stereocenters. The van der Waals surface area contributed by atoms with Crippen LogP contribution in [0.25, 0.3) is 10.6 Å². The van der Waals surface area contributed by atoms with Gasteiger partial charge in [-0.3, -0.25) is 14.3 Å². The van der Waals surface area contributed by atoms with Gasteiger partial charge in [-0.1, -0.05) is 36.4 Å². The molecule has 0 saturated carbocycles. The van der Waals surface area contributed by atoms with Crippen molar-refractivity contribution in [3.63, 3.8) is 0 Å². The Morgan fingerprint density at radius 3 is 2.81 bits per heavy atom. The molecule has 1 atom stereocenters. The number of fused-ring (bicyclic) bond motifs is 1. The molecule has 2 aromatic heterocycles. The van der Waals surface area contributed by atoms with Crippen LogP contribution in [0.15, 0.2) is 72.2 Å². The first-order valence-electron chi connectivity index (χ1n) is 10.1. The highest BCUT2D eigenvalue weighted by molar-refractivity contribution is 7.13. The highest BCUT2D eigenvalue weighted by atomic mass is 32.1. The molecule has 0 aliphatic carbocycles. The standard InChI is InChI=1S/C24H20N4O3S/c1-15-23(29)26-19-12-17(9-10-20(19)31-15)25-24(30)18-14-28(13-16-6-3-2-4-7-16)27-22(18)21-8-5-11-32-21/h2-12,14-15H,13H2,1H3,(H,25,30)(H,26,29)/t15-/m1/s1. The number of anilines is 2. The molecule has 2 aromatic carbocycles. The maximum Gasteiger partial charge on any atom is 0.265 e. The lowest BCUT2D eigenvalue weighted by Crippen LogP contribution is -2.34. The highest BCUT2D eigenvalue weighted by Crippen LogP contribution is 2.33. The summed E-state index contributed by atoms with van der Waals surface area (Å²) in [4.78, 5) is 26.0. The molecular weight excluding hydrogens is 424 g/mol. The molecule has 0 saturated heterocycles. The minimum atomic E-state index is -0.549. The Kier molecular flexibility index (Phi) is 5.20. The van der Waals surface area contributed by atoms with Crippen LogP contribution in [0.3, 0.4) is 0 Å². The number of aromatic nitrogens is 2. The fourth-order valence-electron chi connectivity index (χ4n) is 3.52. The number of carbonyl (C=O) groups is 2. The predicted molar refractivity (Wildman–Crippen MR) is 124 cm³/mol. The quantitative estimate of drug-likeness (QED) is 0.470. The molecule has 7 nitrogen and oxygen atoms in total. The molecule has 8 heteroatoms. The van der Waals surface area contributed by atoms with Gasteiger partial charge in [0.2, 0.25) is 0 Å². The first-order valence-corrected chi connectivity index (χ1v) is 11.0. The second kappa shape index (κ2) is 8.32. The van der Waals surface area contributed by atoms with Crippen LogP contribution < -0.4 is 15.4 Å². The normalized spacial score (nSPS) is 14.9. The fraction of sp³-hybridized carbons (Fsp3) is 0.125.